The molecule has 1 saturated heterocycles. The van der Waals surface area contributed by atoms with Gasteiger partial charge < -0.3 is 10.6 Å². The Balaban J connectivity index is 2.12. The third-order valence-corrected chi connectivity index (χ3v) is 4.13. The van der Waals surface area contributed by atoms with E-state index in [-0.39, 0.29) is 0 Å². The number of nitrogens with two attached hydrogens (primary N) is 1. The lowest BCUT2D eigenvalue weighted by Gasteiger charge is -2.23. The van der Waals surface area contributed by atoms with Crippen LogP contribution >= 0.6 is 11.6 Å². The number of nitrogens with zero attached hydrogens (tertiary/aromatic N) is 3. The molecule has 0 aliphatic carbocycles. The molecule has 5 heteroatoms. The van der Waals surface area contributed by atoms with Crippen LogP contribution in [0.2, 0.25) is 5.15 Å². The van der Waals surface area contributed by atoms with Crippen molar-refractivity contribution < 1.29 is 0 Å². The van der Waals surface area contributed by atoms with Crippen LogP contribution in [-0.4, -0.2) is 23.1 Å². The predicted molar refractivity (Wildman–Crippen MR) is 75.8 cm³/mol. The molecule has 0 aromatic carbocycles. The summed E-state index contributed by atoms with van der Waals surface area (Å²) in [6, 6.07) is 0. The second-order valence-electron chi connectivity index (χ2n) is 5.32. The van der Waals surface area contributed by atoms with Crippen molar-refractivity contribution in [2.24, 2.45) is 11.8 Å². The number of hydrogen-bond donors (Lipinski definition) is 1. The average Bonchev–Trinajstić information content (AvgIpc) is 2.58. The van der Waals surface area contributed by atoms with Crippen molar-refractivity contribution in [2.75, 3.05) is 23.7 Å². The van der Waals surface area contributed by atoms with Gasteiger partial charge in [0, 0.05) is 13.1 Å². The van der Waals surface area contributed by atoms with Gasteiger partial charge in [0.2, 0.25) is 0 Å². The molecule has 1 aromatic rings. The maximum absolute atomic E-state index is 5.96. The molecule has 0 radical (unpaired) electrons. The summed E-state index contributed by atoms with van der Waals surface area (Å²) in [5.41, 5.74) is 6.46. The number of aromatic nitrogens is 2. The first-order chi connectivity index (χ1) is 8.59. The summed E-state index contributed by atoms with van der Waals surface area (Å²) < 4.78 is 0. The van der Waals surface area contributed by atoms with E-state index in [4.69, 9.17) is 17.3 Å². The summed E-state index contributed by atoms with van der Waals surface area (Å²) in [5.74, 6) is 2.34. The Hall–Kier alpha value is -1.03. The third-order valence-electron chi connectivity index (χ3n) is 3.83. The first kappa shape index (κ1) is 13.4. The second kappa shape index (κ2) is 5.74. The molecule has 2 N–H and O–H groups in total. The number of rotatable bonds is 2. The van der Waals surface area contributed by atoms with Crippen LogP contribution in [0.4, 0.5) is 11.5 Å². The molecular formula is C13H21ClN4. The van der Waals surface area contributed by atoms with Gasteiger partial charge in [-0.2, -0.15) is 0 Å². The lowest BCUT2D eigenvalue weighted by molar-refractivity contribution is 0.351. The molecule has 18 heavy (non-hydrogen) atoms. The van der Waals surface area contributed by atoms with Crippen LogP contribution in [0.1, 0.15) is 33.1 Å². The maximum atomic E-state index is 5.96. The Kier molecular flexibility index (Phi) is 4.27. The minimum Gasteiger partial charge on any atom is -0.393 e. The molecule has 0 saturated carbocycles. The smallest absolute Gasteiger partial charge is 0.157 e. The van der Waals surface area contributed by atoms with Crippen LogP contribution < -0.4 is 10.6 Å². The molecule has 1 fully saturated rings. The topological polar surface area (TPSA) is 55.0 Å². The normalized spacial score (nSPS) is 21.1. The summed E-state index contributed by atoms with van der Waals surface area (Å²) >= 11 is 5.95. The molecule has 100 valence electrons. The van der Waals surface area contributed by atoms with Crippen molar-refractivity contribution in [2.45, 2.75) is 33.1 Å². The Morgan fingerprint density at radius 1 is 1.33 bits per heavy atom. The van der Waals surface area contributed by atoms with E-state index in [1.807, 2.05) is 0 Å². The van der Waals surface area contributed by atoms with Gasteiger partial charge in [0.05, 0.1) is 0 Å². The monoisotopic (exact) mass is 268 g/mol. The van der Waals surface area contributed by atoms with Gasteiger partial charge in [-0.1, -0.05) is 25.4 Å². The number of anilines is 2. The Morgan fingerprint density at radius 2 is 2.11 bits per heavy atom. The van der Waals surface area contributed by atoms with Crippen LogP contribution in [-0.2, 0) is 0 Å². The molecule has 1 aliphatic rings. The highest BCUT2D eigenvalue weighted by Gasteiger charge is 2.22. The lowest BCUT2D eigenvalue weighted by atomic mass is 9.89. The molecule has 1 aliphatic heterocycles. The van der Waals surface area contributed by atoms with Gasteiger partial charge in [0.25, 0.3) is 0 Å². The molecule has 0 bridgehead atoms. The fourth-order valence-electron chi connectivity index (χ4n) is 2.62. The summed E-state index contributed by atoms with van der Waals surface area (Å²) in [7, 11) is 0. The molecule has 2 heterocycles. The maximum Gasteiger partial charge on any atom is 0.157 e. The minimum atomic E-state index is 0.352. The number of hydrogen-bond acceptors (Lipinski definition) is 4. The van der Waals surface area contributed by atoms with Crippen LogP contribution in [0.5, 0.6) is 0 Å². The zero-order valence-electron chi connectivity index (χ0n) is 11.1. The van der Waals surface area contributed by atoms with E-state index in [2.05, 4.69) is 28.7 Å². The fraction of sp³-hybridized carbons (Fsp3) is 0.692. The van der Waals surface area contributed by atoms with Crippen molar-refractivity contribution in [1.29, 1.82) is 0 Å². The number of nitrogen functional groups attached to an aromatic ring is 1. The summed E-state index contributed by atoms with van der Waals surface area (Å²) in [4.78, 5) is 10.4. The minimum absolute atomic E-state index is 0.352. The van der Waals surface area contributed by atoms with Crippen molar-refractivity contribution in [3.05, 3.63) is 11.5 Å². The first-order valence-electron chi connectivity index (χ1n) is 6.60. The van der Waals surface area contributed by atoms with Gasteiger partial charge in [-0.25, -0.2) is 9.97 Å². The largest absolute Gasteiger partial charge is 0.393 e. The SMILES string of the molecule is CC(C)C1CCCN(c2ncnc(Cl)c2N)CC1. The molecular weight excluding hydrogens is 248 g/mol. The summed E-state index contributed by atoms with van der Waals surface area (Å²) in [5, 5.41) is 0.352. The van der Waals surface area contributed by atoms with E-state index in [1.54, 1.807) is 0 Å². The van der Waals surface area contributed by atoms with Crippen LogP contribution in [0.15, 0.2) is 6.33 Å². The molecule has 2 rings (SSSR count). The van der Waals surface area contributed by atoms with Crippen molar-refractivity contribution in [1.82, 2.24) is 9.97 Å². The van der Waals surface area contributed by atoms with Crippen molar-refractivity contribution >= 4 is 23.1 Å². The third kappa shape index (κ3) is 2.86. The predicted octanol–water partition coefficient (Wildman–Crippen LogP) is 2.97. The van der Waals surface area contributed by atoms with E-state index in [1.165, 1.54) is 25.6 Å². The second-order valence-corrected chi connectivity index (χ2v) is 5.68. The highest BCUT2D eigenvalue weighted by Crippen LogP contribution is 2.30. The summed E-state index contributed by atoms with van der Waals surface area (Å²) in [6.45, 7) is 6.60. The van der Waals surface area contributed by atoms with E-state index >= 15 is 0 Å². The summed E-state index contributed by atoms with van der Waals surface area (Å²) in [6.07, 6.45) is 5.15. The van der Waals surface area contributed by atoms with Gasteiger partial charge >= 0.3 is 0 Å². The quantitative estimate of drug-likeness (QED) is 0.838. The van der Waals surface area contributed by atoms with Crippen LogP contribution in [0.3, 0.4) is 0 Å². The highest BCUT2D eigenvalue weighted by atomic mass is 35.5. The lowest BCUT2D eigenvalue weighted by Crippen LogP contribution is -2.26. The van der Waals surface area contributed by atoms with Gasteiger partial charge in [-0.05, 0) is 31.1 Å². The average molecular weight is 269 g/mol. The van der Waals surface area contributed by atoms with E-state index in [0.29, 0.717) is 10.8 Å². The molecule has 4 nitrogen and oxygen atoms in total. The Labute approximate surface area is 114 Å². The zero-order valence-corrected chi connectivity index (χ0v) is 11.8. The van der Waals surface area contributed by atoms with Gasteiger partial charge in [-0.3, -0.25) is 0 Å². The van der Waals surface area contributed by atoms with Gasteiger partial charge in [0.1, 0.15) is 12.0 Å². The van der Waals surface area contributed by atoms with Crippen molar-refractivity contribution in [3.8, 4) is 0 Å². The molecule has 1 unspecified atom stereocenters. The van der Waals surface area contributed by atoms with Crippen molar-refractivity contribution in [3.63, 3.8) is 0 Å². The molecule has 1 aromatic heterocycles. The van der Waals surface area contributed by atoms with Crippen LogP contribution in [0, 0.1) is 11.8 Å². The van der Waals surface area contributed by atoms with E-state index in [0.717, 1.165) is 30.7 Å². The number of halogens is 1. The van der Waals surface area contributed by atoms with Gasteiger partial charge in [0.15, 0.2) is 11.0 Å². The standard InChI is InChI=1S/C13H21ClN4/c1-9(2)10-4-3-6-18(7-5-10)13-11(15)12(14)16-8-17-13/h8-10H,3-7,15H2,1-2H3. The molecule has 1 atom stereocenters. The first-order valence-corrected chi connectivity index (χ1v) is 6.98. The van der Waals surface area contributed by atoms with Gasteiger partial charge in [-0.15, -0.1) is 0 Å². The Morgan fingerprint density at radius 3 is 2.83 bits per heavy atom. The van der Waals surface area contributed by atoms with E-state index in [9.17, 15) is 0 Å². The Bertz CT molecular complexity index is 408. The zero-order chi connectivity index (χ0) is 13.1. The molecule has 0 spiro atoms. The molecule has 0 amide bonds. The van der Waals surface area contributed by atoms with Crippen LogP contribution in [0.25, 0.3) is 0 Å². The fourth-order valence-corrected chi connectivity index (χ4v) is 2.75. The highest BCUT2D eigenvalue weighted by molar-refractivity contribution is 6.32. The van der Waals surface area contributed by atoms with E-state index < -0.39 is 0 Å².